The van der Waals surface area contributed by atoms with Gasteiger partial charge in [0.25, 0.3) is 11.5 Å². The fourth-order valence-electron chi connectivity index (χ4n) is 8.34. The predicted octanol–water partition coefficient (Wildman–Crippen LogP) is 3.68. The molecule has 3 fully saturated rings. The van der Waals surface area contributed by atoms with Crippen molar-refractivity contribution in [2.24, 2.45) is 13.0 Å². The molecular formula is C41H48ClFN12O5. The summed E-state index contributed by atoms with van der Waals surface area (Å²) in [4.78, 5) is 69.5. The van der Waals surface area contributed by atoms with Gasteiger partial charge in [0.2, 0.25) is 17.8 Å². The molecular weight excluding hydrogens is 795 g/mol. The van der Waals surface area contributed by atoms with Crippen LogP contribution in [0.3, 0.4) is 0 Å². The molecule has 0 unspecified atom stereocenters. The fourth-order valence-corrected chi connectivity index (χ4v) is 8.48. The summed E-state index contributed by atoms with van der Waals surface area (Å²) in [6.45, 7) is 8.01. The Morgan fingerprint density at radius 1 is 1.03 bits per heavy atom. The van der Waals surface area contributed by atoms with E-state index in [1.807, 2.05) is 31.9 Å². The maximum atomic E-state index is 15.9. The second-order valence-corrected chi connectivity index (χ2v) is 16.3. The van der Waals surface area contributed by atoms with Gasteiger partial charge >= 0.3 is 0 Å². The number of ether oxygens (including phenoxy) is 1. The number of piperidine rings is 2. The number of benzene rings is 1. The number of nitrogens with zero attached hydrogens (tertiary/aromatic N) is 9. The van der Waals surface area contributed by atoms with Crippen LogP contribution in [0.5, 0.6) is 5.75 Å². The lowest BCUT2D eigenvalue weighted by Gasteiger charge is -2.40. The van der Waals surface area contributed by atoms with E-state index >= 15 is 4.39 Å². The first-order valence-corrected chi connectivity index (χ1v) is 20.6. The van der Waals surface area contributed by atoms with Gasteiger partial charge in [-0.1, -0.05) is 11.6 Å². The Hall–Kier alpha value is -5.88. The molecule has 3 N–H and O–H groups in total. The number of nitrogens with one attached hydrogen (secondary N) is 3. The van der Waals surface area contributed by atoms with Gasteiger partial charge in [-0.15, -0.1) is 0 Å². The van der Waals surface area contributed by atoms with Crippen molar-refractivity contribution in [1.82, 2.24) is 44.8 Å². The first-order chi connectivity index (χ1) is 28.9. The summed E-state index contributed by atoms with van der Waals surface area (Å²) in [5.41, 5.74) is 3.30. The summed E-state index contributed by atoms with van der Waals surface area (Å²) >= 11 is 6.54. The lowest BCUT2D eigenvalue weighted by atomic mass is 9.93. The molecule has 3 atom stereocenters. The Labute approximate surface area is 350 Å². The van der Waals surface area contributed by atoms with E-state index in [1.54, 1.807) is 23.0 Å². The highest BCUT2D eigenvalue weighted by Gasteiger charge is 2.34. The minimum atomic E-state index is -1.08. The summed E-state index contributed by atoms with van der Waals surface area (Å²) in [6, 6.07) is 9.31. The third-order valence-corrected chi connectivity index (χ3v) is 11.9. The van der Waals surface area contributed by atoms with E-state index in [1.165, 1.54) is 17.8 Å². The molecule has 3 amide bonds. The van der Waals surface area contributed by atoms with E-state index in [0.29, 0.717) is 66.5 Å². The quantitative estimate of drug-likeness (QED) is 0.164. The third-order valence-electron chi connectivity index (χ3n) is 11.6. The van der Waals surface area contributed by atoms with Gasteiger partial charge in [-0.2, -0.15) is 10.1 Å². The molecule has 4 aromatic heterocycles. The lowest BCUT2D eigenvalue weighted by Crippen LogP contribution is -2.51. The molecule has 8 rings (SSSR count). The number of aromatic nitrogens is 6. The number of likely N-dealkylation sites (N-methyl/N-ethyl adjacent to an activating group) is 1. The number of alkyl halides is 1. The topological polar surface area (TPSA) is 185 Å². The highest BCUT2D eigenvalue weighted by molar-refractivity contribution is 6.33. The van der Waals surface area contributed by atoms with Crippen LogP contribution >= 0.6 is 11.6 Å². The van der Waals surface area contributed by atoms with E-state index in [9.17, 15) is 19.2 Å². The van der Waals surface area contributed by atoms with Gasteiger partial charge in [0.1, 0.15) is 16.8 Å². The van der Waals surface area contributed by atoms with Crippen LogP contribution in [0.4, 0.5) is 27.5 Å². The van der Waals surface area contributed by atoms with Crippen molar-refractivity contribution in [1.29, 1.82) is 0 Å². The molecule has 0 spiro atoms. The fraction of sp³-hybridized carbons (Fsp3) is 0.463. The van der Waals surface area contributed by atoms with Crippen LogP contribution in [0.25, 0.3) is 21.9 Å². The Morgan fingerprint density at radius 3 is 2.57 bits per heavy atom. The first-order valence-electron chi connectivity index (χ1n) is 20.2. The number of amides is 3. The van der Waals surface area contributed by atoms with Crippen LogP contribution in [0.1, 0.15) is 50.8 Å². The lowest BCUT2D eigenvalue weighted by molar-refractivity contribution is -0.134. The second-order valence-electron chi connectivity index (χ2n) is 15.9. The van der Waals surface area contributed by atoms with Crippen LogP contribution in [-0.2, 0) is 21.4 Å². The minimum Gasteiger partial charge on any atom is -0.478 e. The van der Waals surface area contributed by atoms with Gasteiger partial charge < -0.3 is 25.2 Å². The maximum absolute atomic E-state index is 15.9. The number of piperazine rings is 1. The standard InChI is InChI=1S/C41H48ClFN12O5/c1-23(2)55-38-25(16-33(40(55)59)60-22-35(57)44-3)15-26(18-45-38)47-37-30(42)19-46-41(49-37)54-10-9-24(31(43)21-54)20-52-11-13-53(14-12-52)27-5-6-28-32(17-27)51(4)50-36(28)29-7-8-34(56)48-39(29)58/h5-6,15-19,23-24,29,31H,7-14,20-22H2,1-4H3,(H,44,57)(H,46,47,49)(H,48,56,58)/t24-,29-,31+/m1/s1. The monoisotopic (exact) mass is 842 g/mol. The molecule has 0 saturated carbocycles. The SMILES string of the molecule is CNC(=O)COc1cc2cc(Nc3nc(N4CC[C@H](CN5CCN(c6ccc7c([C@H]8CCC(=O)NC8=O)nn(C)c7c6)CC5)[C@@H](F)C4)ncc3Cl)cnc2n(C(C)C)c1=O. The number of fused-ring (bicyclic) bond motifs is 2. The molecule has 60 heavy (non-hydrogen) atoms. The van der Waals surface area contributed by atoms with Crippen molar-refractivity contribution in [3.63, 3.8) is 0 Å². The number of pyridine rings is 2. The Balaban J connectivity index is 0.879. The molecule has 0 bridgehead atoms. The highest BCUT2D eigenvalue weighted by atomic mass is 35.5. The van der Waals surface area contributed by atoms with Crippen LogP contribution in [-0.4, -0.2) is 118 Å². The normalized spacial score (nSPS) is 20.2. The molecule has 316 valence electrons. The van der Waals surface area contributed by atoms with Crippen molar-refractivity contribution in [2.75, 3.05) is 74.6 Å². The van der Waals surface area contributed by atoms with E-state index in [2.05, 4.69) is 57.9 Å². The van der Waals surface area contributed by atoms with Crippen LogP contribution in [0.15, 0.2) is 47.5 Å². The highest BCUT2D eigenvalue weighted by Crippen LogP contribution is 2.34. The zero-order chi connectivity index (χ0) is 42.2. The van der Waals surface area contributed by atoms with E-state index < -0.39 is 17.6 Å². The third kappa shape index (κ3) is 8.30. The molecule has 0 aliphatic carbocycles. The summed E-state index contributed by atoms with van der Waals surface area (Å²) < 4.78 is 24.8. The molecule has 0 radical (unpaired) electrons. The smallest absolute Gasteiger partial charge is 0.294 e. The number of hydrogen-bond donors (Lipinski definition) is 3. The van der Waals surface area contributed by atoms with E-state index in [0.717, 1.165) is 42.8 Å². The zero-order valence-electron chi connectivity index (χ0n) is 34.0. The number of rotatable bonds is 11. The minimum absolute atomic E-state index is 0.0242. The number of imide groups is 1. The van der Waals surface area contributed by atoms with Gasteiger partial charge in [-0.25, -0.2) is 14.4 Å². The number of aryl methyl sites for hydroxylation is 1. The van der Waals surface area contributed by atoms with Crippen LogP contribution in [0, 0.1) is 5.92 Å². The van der Waals surface area contributed by atoms with Crippen molar-refractivity contribution in [3.8, 4) is 5.75 Å². The molecule has 19 heteroatoms. The number of carbonyl (C=O) groups excluding carboxylic acids is 3. The largest absolute Gasteiger partial charge is 0.478 e. The van der Waals surface area contributed by atoms with Gasteiger partial charge in [0.15, 0.2) is 18.2 Å². The maximum Gasteiger partial charge on any atom is 0.294 e. The van der Waals surface area contributed by atoms with Gasteiger partial charge in [-0.3, -0.25) is 38.6 Å². The predicted molar refractivity (Wildman–Crippen MR) is 226 cm³/mol. The zero-order valence-corrected chi connectivity index (χ0v) is 34.7. The molecule has 17 nitrogen and oxygen atoms in total. The van der Waals surface area contributed by atoms with Gasteiger partial charge in [0, 0.05) is 88.2 Å². The van der Waals surface area contributed by atoms with E-state index in [-0.39, 0.29) is 53.6 Å². The average Bonchev–Trinajstić information content (AvgIpc) is 3.56. The molecule has 1 aromatic carbocycles. The van der Waals surface area contributed by atoms with Gasteiger partial charge in [0.05, 0.1) is 41.8 Å². The van der Waals surface area contributed by atoms with Crippen molar-refractivity contribution in [2.45, 2.75) is 51.2 Å². The number of carbonyl (C=O) groups is 3. The van der Waals surface area contributed by atoms with Crippen LogP contribution < -0.4 is 36.0 Å². The summed E-state index contributed by atoms with van der Waals surface area (Å²) in [5, 5.41) is 14.6. The van der Waals surface area contributed by atoms with Crippen molar-refractivity contribution >= 4 is 74.4 Å². The van der Waals surface area contributed by atoms with E-state index in [4.69, 9.17) is 16.3 Å². The van der Waals surface area contributed by atoms with Crippen LogP contribution in [0.2, 0.25) is 5.02 Å². The second kappa shape index (κ2) is 17.0. The van der Waals surface area contributed by atoms with Gasteiger partial charge in [-0.05, 0) is 57.0 Å². The first kappa shape index (κ1) is 40.9. The number of hydrogen-bond acceptors (Lipinski definition) is 13. The molecule has 3 aliphatic heterocycles. The average molecular weight is 843 g/mol. The van der Waals surface area contributed by atoms with Crippen molar-refractivity contribution in [3.05, 3.63) is 63.8 Å². The Bertz CT molecular complexity index is 2520. The Morgan fingerprint density at radius 2 is 1.83 bits per heavy atom. The molecule has 5 aromatic rings. The molecule has 3 aliphatic rings. The van der Waals surface area contributed by atoms with Crippen molar-refractivity contribution < 1.29 is 23.5 Å². The number of anilines is 4. The molecule has 3 saturated heterocycles. The summed E-state index contributed by atoms with van der Waals surface area (Å²) in [7, 11) is 3.36. The molecule has 7 heterocycles. The Kier molecular flexibility index (Phi) is 11.6. The summed E-state index contributed by atoms with van der Waals surface area (Å²) in [5.74, 6) is -0.784. The number of halogens is 2. The summed E-state index contributed by atoms with van der Waals surface area (Å²) in [6.07, 6.45) is 3.37.